The first-order chi connectivity index (χ1) is 12.2. The second-order valence-electron chi connectivity index (χ2n) is 4.87. The summed E-state index contributed by atoms with van der Waals surface area (Å²) < 4.78 is 5.71. The minimum Gasteiger partial charge on any atom is -0.456 e. The number of nitrogens with zero attached hydrogens (tertiary/aromatic N) is 4. The van der Waals surface area contributed by atoms with Crippen LogP contribution in [0.25, 0.3) is 0 Å². The lowest BCUT2D eigenvalue weighted by molar-refractivity contribution is 0.483. The van der Waals surface area contributed by atoms with Crippen molar-refractivity contribution in [3.8, 4) is 23.6 Å². The van der Waals surface area contributed by atoms with Crippen molar-refractivity contribution >= 4 is 23.1 Å². The molecule has 120 valence electrons. The summed E-state index contributed by atoms with van der Waals surface area (Å²) in [5.41, 5.74) is 1.39. The Balaban J connectivity index is 1.78. The number of nitrogens with one attached hydrogen (secondary N) is 1. The number of aromatic nitrogens is 2. The van der Waals surface area contributed by atoms with Gasteiger partial charge in [0.25, 0.3) is 0 Å². The Bertz CT molecular complexity index is 990. The number of hydrogen-bond acceptors (Lipinski definition) is 6. The van der Waals surface area contributed by atoms with Crippen LogP contribution in [-0.2, 0) is 0 Å². The molecule has 0 saturated heterocycles. The van der Waals surface area contributed by atoms with E-state index in [1.54, 1.807) is 42.5 Å². The molecule has 0 bridgehead atoms. The first-order valence-corrected chi connectivity index (χ1v) is 7.53. The molecule has 0 spiro atoms. The van der Waals surface area contributed by atoms with E-state index in [4.69, 9.17) is 26.9 Å². The number of anilines is 2. The normalized spacial score (nSPS) is 9.72. The summed E-state index contributed by atoms with van der Waals surface area (Å²) in [4.78, 5) is 8.02. The van der Waals surface area contributed by atoms with Crippen LogP contribution in [0.1, 0.15) is 11.3 Å². The first-order valence-electron chi connectivity index (χ1n) is 7.15. The van der Waals surface area contributed by atoms with E-state index in [-0.39, 0.29) is 5.69 Å². The minimum atomic E-state index is 0.191. The number of rotatable bonds is 4. The monoisotopic (exact) mass is 347 g/mol. The van der Waals surface area contributed by atoms with Gasteiger partial charge in [-0.3, -0.25) is 0 Å². The van der Waals surface area contributed by atoms with Gasteiger partial charge < -0.3 is 10.1 Å². The minimum absolute atomic E-state index is 0.191. The standard InChI is InChI=1S/C18H10ClN5O/c19-15-9-13(24-18-16(11-21)22-7-8-23-18)3-6-17(15)25-14-4-1-12(10-20)2-5-14/h1-9H,(H,23,24). The van der Waals surface area contributed by atoms with Gasteiger partial charge in [-0.1, -0.05) is 11.6 Å². The summed E-state index contributed by atoms with van der Waals surface area (Å²) in [5, 5.41) is 21.2. The van der Waals surface area contributed by atoms with Gasteiger partial charge in [-0.05, 0) is 42.5 Å². The molecule has 0 atom stereocenters. The average Bonchev–Trinajstić information content (AvgIpc) is 2.65. The smallest absolute Gasteiger partial charge is 0.183 e. The maximum atomic E-state index is 9.04. The Labute approximate surface area is 148 Å². The number of hydrogen-bond donors (Lipinski definition) is 1. The van der Waals surface area contributed by atoms with Crippen molar-refractivity contribution in [3.63, 3.8) is 0 Å². The highest BCUT2D eigenvalue weighted by molar-refractivity contribution is 6.32. The van der Waals surface area contributed by atoms with Crippen molar-refractivity contribution in [1.82, 2.24) is 9.97 Å². The molecule has 6 nitrogen and oxygen atoms in total. The molecule has 0 radical (unpaired) electrons. The van der Waals surface area contributed by atoms with E-state index in [0.29, 0.717) is 33.6 Å². The molecule has 7 heteroatoms. The van der Waals surface area contributed by atoms with E-state index in [2.05, 4.69) is 15.3 Å². The second-order valence-corrected chi connectivity index (χ2v) is 5.28. The molecule has 0 aliphatic carbocycles. The lowest BCUT2D eigenvalue weighted by Crippen LogP contribution is -1.98. The van der Waals surface area contributed by atoms with E-state index < -0.39 is 0 Å². The molecule has 0 aliphatic heterocycles. The summed E-state index contributed by atoms with van der Waals surface area (Å²) >= 11 is 6.26. The van der Waals surface area contributed by atoms with Crippen LogP contribution in [0.4, 0.5) is 11.5 Å². The molecule has 3 rings (SSSR count). The highest BCUT2D eigenvalue weighted by Crippen LogP contribution is 2.32. The molecule has 0 amide bonds. The third kappa shape index (κ3) is 3.84. The molecule has 0 saturated carbocycles. The largest absolute Gasteiger partial charge is 0.456 e. The van der Waals surface area contributed by atoms with Crippen molar-refractivity contribution in [2.75, 3.05) is 5.32 Å². The van der Waals surface area contributed by atoms with Crippen LogP contribution in [0.3, 0.4) is 0 Å². The SMILES string of the molecule is N#Cc1ccc(Oc2ccc(Nc3nccnc3C#N)cc2Cl)cc1. The molecule has 0 unspecified atom stereocenters. The number of halogens is 1. The maximum Gasteiger partial charge on any atom is 0.183 e. The molecular weight excluding hydrogens is 338 g/mol. The van der Waals surface area contributed by atoms with E-state index in [1.165, 1.54) is 12.4 Å². The zero-order valence-electron chi connectivity index (χ0n) is 12.8. The predicted octanol–water partition coefficient (Wildman–Crippen LogP) is 4.41. The third-order valence-corrected chi connectivity index (χ3v) is 3.51. The van der Waals surface area contributed by atoms with Crippen molar-refractivity contribution in [1.29, 1.82) is 10.5 Å². The molecule has 0 aliphatic rings. The van der Waals surface area contributed by atoms with E-state index in [1.807, 2.05) is 12.1 Å². The summed E-state index contributed by atoms with van der Waals surface area (Å²) in [6.45, 7) is 0. The van der Waals surface area contributed by atoms with E-state index in [0.717, 1.165) is 0 Å². The topological polar surface area (TPSA) is 94.6 Å². The van der Waals surface area contributed by atoms with Crippen molar-refractivity contribution in [3.05, 3.63) is 71.1 Å². The third-order valence-electron chi connectivity index (χ3n) is 3.21. The van der Waals surface area contributed by atoms with Crippen LogP contribution in [0, 0.1) is 22.7 Å². The zero-order valence-corrected chi connectivity index (χ0v) is 13.5. The Morgan fingerprint density at radius 1 is 0.960 bits per heavy atom. The van der Waals surface area contributed by atoms with E-state index >= 15 is 0 Å². The Morgan fingerprint density at radius 3 is 2.40 bits per heavy atom. The van der Waals surface area contributed by atoms with Gasteiger partial charge in [0.05, 0.1) is 16.7 Å². The molecular formula is C18H10ClN5O. The molecule has 3 aromatic rings. The molecule has 1 heterocycles. The van der Waals surface area contributed by atoms with Gasteiger partial charge in [-0.2, -0.15) is 10.5 Å². The molecule has 2 aromatic carbocycles. The summed E-state index contributed by atoms with van der Waals surface area (Å²) in [6, 6.07) is 15.8. The first kappa shape index (κ1) is 16.3. The maximum absolute atomic E-state index is 9.04. The molecule has 1 aromatic heterocycles. The van der Waals surface area contributed by atoms with Crippen molar-refractivity contribution < 1.29 is 4.74 Å². The van der Waals surface area contributed by atoms with Crippen LogP contribution >= 0.6 is 11.6 Å². The molecule has 0 fully saturated rings. The van der Waals surface area contributed by atoms with Crippen LogP contribution in [-0.4, -0.2) is 9.97 Å². The Kier molecular flexibility index (Phi) is 4.75. The predicted molar refractivity (Wildman–Crippen MR) is 92.7 cm³/mol. The van der Waals surface area contributed by atoms with Gasteiger partial charge >= 0.3 is 0 Å². The van der Waals surface area contributed by atoms with Gasteiger partial charge in [0, 0.05) is 18.1 Å². The summed E-state index contributed by atoms with van der Waals surface area (Å²) in [7, 11) is 0. The highest BCUT2D eigenvalue weighted by Gasteiger charge is 2.08. The van der Waals surface area contributed by atoms with Gasteiger partial charge in [0.2, 0.25) is 0 Å². The zero-order chi connectivity index (χ0) is 17.6. The van der Waals surface area contributed by atoms with Crippen LogP contribution in [0.15, 0.2) is 54.9 Å². The fraction of sp³-hybridized carbons (Fsp3) is 0. The van der Waals surface area contributed by atoms with Gasteiger partial charge in [-0.25, -0.2) is 9.97 Å². The van der Waals surface area contributed by atoms with Crippen LogP contribution in [0.5, 0.6) is 11.5 Å². The lowest BCUT2D eigenvalue weighted by Gasteiger charge is -2.11. The summed E-state index contributed by atoms with van der Waals surface area (Å²) in [6.07, 6.45) is 2.94. The number of nitriles is 2. The van der Waals surface area contributed by atoms with Crippen LogP contribution in [0.2, 0.25) is 5.02 Å². The Morgan fingerprint density at radius 2 is 1.72 bits per heavy atom. The highest BCUT2D eigenvalue weighted by atomic mass is 35.5. The Hall–Kier alpha value is -3.61. The quantitative estimate of drug-likeness (QED) is 0.751. The van der Waals surface area contributed by atoms with Crippen molar-refractivity contribution in [2.24, 2.45) is 0 Å². The average molecular weight is 348 g/mol. The fourth-order valence-electron chi connectivity index (χ4n) is 2.03. The van der Waals surface area contributed by atoms with Crippen LogP contribution < -0.4 is 10.1 Å². The van der Waals surface area contributed by atoms with Gasteiger partial charge in [-0.15, -0.1) is 0 Å². The van der Waals surface area contributed by atoms with Gasteiger partial charge in [0.15, 0.2) is 11.5 Å². The molecule has 25 heavy (non-hydrogen) atoms. The fourth-order valence-corrected chi connectivity index (χ4v) is 2.25. The summed E-state index contributed by atoms with van der Waals surface area (Å²) in [5.74, 6) is 1.39. The van der Waals surface area contributed by atoms with Gasteiger partial charge in [0.1, 0.15) is 17.6 Å². The molecule has 1 N–H and O–H groups in total. The second kappa shape index (κ2) is 7.31. The number of ether oxygens (including phenoxy) is 1. The number of benzene rings is 2. The van der Waals surface area contributed by atoms with E-state index in [9.17, 15) is 0 Å². The lowest BCUT2D eigenvalue weighted by atomic mass is 10.2. The van der Waals surface area contributed by atoms with Crippen molar-refractivity contribution in [2.45, 2.75) is 0 Å².